The summed E-state index contributed by atoms with van der Waals surface area (Å²) in [6, 6.07) is 1.86. The number of hydrogen-bond donors (Lipinski definition) is 1. The second kappa shape index (κ2) is 5.00. The summed E-state index contributed by atoms with van der Waals surface area (Å²) in [5, 5.41) is 9.32. The van der Waals surface area contributed by atoms with Gasteiger partial charge in [-0.3, -0.25) is 9.59 Å². The summed E-state index contributed by atoms with van der Waals surface area (Å²) in [5.41, 5.74) is -0.299. The summed E-state index contributed by atoms with van der Waals surface area (Å²) in [6.07, 6.45) is 6.73. The predicted molar refractivity (Wildman–Crippen MR) is 71.3 cm³/mol. The van der Waals surface area contributed by atoms with Crippen LogP contribution in [-0.2, 0) is 4.79 Å². The number of carbonyl (C=O) groups is 1. The van der Waals surface area contributed by atoms with Gasteiger partial charge in [-0.25, -0.2) is 0 Å². The highest BCUT2D eigenvalue weighted by Gasteiger charge is 2.40. The zero-order valence-electron chi connectivity index (χ0n) is 10.5. The molecule has 2 bridgehead atoms. The normalized spacial score (nSPS) is 28.7. The third kappa shape index (κ3) is 2.54. The number of fused-ring (bicyclic) bond motifs is 2. The maximum Gasteiger partial charge on any atom is 0.313 e. The minimum absolute atomic E-state index is 0.0583. The van der Waals surface area contributed by atoms with Crippen LogP contribution < -0.4 is 5.56 Å². The lowest BCUT2D eigenvalue weighted by molar-refractivity contribution is -0.133. The van der Waals surface area contributed by atoms with Gasteiger partial charge in [0.25, 0.3) is 5.56 Å². The number of carboxylic acid groups (broad SMARTS) is 1. The number of rotatable bonds is 4. The molecule has 1 heterocycles. The molecule has 1 aromatic heterocycles. The van der Waals surface area contributed by atoms with Crippen molar-refractivity contribution in [1.82, 2.24) is 9.55 Å². The van der Waals surface area contributed by atoms with E-state index in [2.05, 4.69) is 4.98 Å². The Balaban J connectivity index is 1.87. The number of nitrogens with zero attached hydrogens (tertiary/aromatic N) is 2. The van der Waals surface area contributed by atoms with Crippen molar-refractivity contribution in [2.24, 2.45) is 11.8 Å². The fourth-order valence-electron chi connectivity index (χ4n) is 3.43. The number of carboxylic acids is 1. The molecule has 3 atom stereocenters. The molecule has 0 aliphatic heterocycles. The van der Waals surface area contributed by atoms with E-state index in [1.54, 1.807) is 6.20 Å². The number of hydrogen-bond acceptors (Lipinski definition) is 4. The van der Waals surface area contributed by atoms with Gasteiger partial charge in [0, 0.05) is 18.3 Å². The van der Waals surface area contributed by atoms with Crippen molar-refractivity contribution in [3.05, 3.63) is 22.6 Å². The minimum Gasteiger partial charge on any atom is -0.481 e. The Morgan fingerprint density at radius 2 is 2.32 bits per heavy atom. The van der Waals surface area contributed by atoms with Crippen LogP contribution in [0.5, 0.6) is 0 Å². The summed E-state index contributed by atoms with van der Waals surface area (Å²) in [7, 11) is 0. The van der Waals surface area contributed by atoms with Gasteiger partial charge in [-0.2, -0.15) is 4.98 Å². The Kier molecular flexibility index (Phi) is 3.35. The lowest BCUT2D eigenvalue weighted by Crippen LogP contribution is -2.22. The van der Waals surface area contributed by atoms with E-state index in [0.29, 0.717) is 17.1 Å². The van der Waals surface area contributed by atoms with Gasteiger partial charge in [-0.05, 0) is 31.1 Å². The molecular weight excluding hydrogens is 264 g/mol. The second-order valence-electron chi connectivity index (χ2n) is 5.38. The third-order valence-corrected chi connectivity index (χ3v) is 5.14. The molecular formula is C13H16N2O3S. The zero-order chi connectivity index (χ0) is 13.4. The van der Waals surface area contributed by atoms with Crippen LogP contribution in [0.2, 0.25) is 0 Å². The molecule has 3 unspecified atom stereocenters. The van der Waals surface area contributed by atoms with Crippen molar-refractivity contribution in [2.45, 2.75) is 36.9 Å². The van der Waals surface area contributed by atoms with E-state index in [9.17, 15) is 9.59 Å². The van der Waals surface area contributed by atoms with Crippen molar-refractivity contribution < 1.29 is 9.90 Å². The van der Waals surface area contributed by atoms with Crippen LogP contribution in [-0.4, -0.2) is 26.4 Å². The molecule has 19 heavy (non-hydrogen) atoms. The molecule has 2 aliphatic rings. The topological polar surface area (TPSA) is 72.2 Å². The maximum atomic E-state index is 11.4. The maximum absolute atomic E-state index is 11.4. The molecule has 5 nitrogen and oxygen atoms in total. The van der Waals surface area contributed by atoms with Crippen molar-refractivity contribution in [2.75, 3.05) is 5.75 Å². The highest BCUT2D eigenvalue weighted by atomic mass is 32.2. The highest BCUT2D eigenvalue weighted by Crippen LogP contribution is 2.51. The summed E-state index contributed by atoms with van der Waals surface area (Å²) >= 11 is 1.14. The average molecular weight is 280 g/mol. The van der Waals surface area contributed by atoms with Crippen LogP contribution in [0.25, 0.3) is 0 Å². The van der Waals surface area contributed by atoms with Crippen LogP contribution in [0.4, 0.5) is 0 Å². The summed E-state index contributed by atoms with van der Waals surface area (Å²) in [4.78, 5) is 26.0. The molecule has 0 amide bonds. The monoisotopic (exact) mass is 280 g/mol. The van der Waals surface area contributed by atoms with Crippen molar-refractivity contribution in [3.8, 4) is 0 Å². The van der Waals surface area contributed by atoms with Gasteiger partial charge < -0.3 is 9.67 Å². The quantitative estimate of drug-likeness (QED) is 0.672. The molecule has 0 spiro atoms. The Hall–Kier alpha value is -1.30. The van der Waals surface area contributed by atoms with E-state index in [4.69, 9.17) is 5.11 Å². The first-order valence-electron chi connectivity index (χ1n) is 6.57. The first-order chi connectivity index (χ1) is 9.13. The minimum atomic E-state index is -0.886. The van der Waals surface area contributed by atoms with Gasteiger partial charge in [-0.1, -0.05) is 18.2 Å². The van der Waals surface area contributed by atoms with E-state index in [1.165, 1.54) is 25.3 Å². The van der Waals surface area contributed by atoms with Crippen molar-refractivity contribution in [1.29, 1.82) is 0 Å². The van der Waals surface area contributed by atoms with Gasteiger partial charge in [0.05, 0.1) is 5.75 Å². The largest absolute Gasteiger partial charge is 0.481 e. The van der Waals surface area contributed by atoms with E-state index >= 15 is 0 Å². The Morgan fingerprint density at radius 1 is 1.47 bits per heavy atom. The fourth-order valence-corrected chi connectivity index (χ4v) is 4.19. The smallest absolute Gasteiger partial charge is 0.313 e. The van der Waals surface area contributed by atoms with E-state index in [1.807, 2.05) is 4.57 Å². The number of aliphatic carboxylic acids is 1. The van der Waals surface area contributed by atoms with E-state index < -0.39 is 5.97 Å². The van der Waals surface area contributed by atoms with Crippen LogP contribution >= 0.6 is 11.8 Å². The second-order valence-corrected chi connectivity index (χ2v) is 6.32. The third-order valence-electron chi connectivity index (χ3n) is 4.19. The fraction of sp³-hybridized carbons (Fsp3) is 0.615. The van der Waals surface area contributed by atoms with Crippen LogP contribution in [0.3, 0.4) is 0 Å². The number of thioether (sulfide) groups is 1. The van der Waals surface area contributed by atoms with Gasteiger partial charge in [0.15, 0.2) is 5.16 Å². The lowest BCUT2D eigenvalue weighted by atomic mass is 9.95. The number of aromatic nitrogens is 2. The first kappa shape index (κ1) is 12.7. The molecule has 2 aliphatic carbocycles. The molecule has 3 rings (SSSR count). The molecule has 2 saturated carbocycles. The van der Waals surface area contributed by atoms with Crippen LogP contribution in [0.15, 0.2) is 22.2 Å². The Bertz CT molecular complexity index is 557. The molecule has 0 radical (unpaired) electrons. The summed E-state index contributed by atoms with van der Waals surface area (Å²) < 4.78 is 2.03. The molecule has 102 valence electrons. The van der Waals surface area contributed by atoms with Gasteiger partial charge >= 0.3 is 5.97 Å². The molecule has 6 heteroatoms. The highest BCUT2D eigenvalue weighted by molar-refractivity contribution is 7.99. The van der Waals surface area contributed by atoms with E-state index in [-0.39, 0.29) is 11.3 Å². The van der Waals surface area contributed by atoms with Crippen LogP contribution in [0, 0.1) is 11.8 Å². The van der Waals surface area contributed by atoms with Gasteiger partial charge in [0.2, 0.25) is 0 Å². The molecule has 0 aromatic carbocycles. The van der Waals surface area contributed by atoms with Crippen LogP contribution in [0.1, 0.15) is 31.7 Å². The van der Waals surface area contributed by atoms with E-state index in [0.717, 1.165) is 24.1 Å². The molecule has 0 saturated heterocycles. The SMILES string of the molecule is O=C(O)CSc1nc(=O)ccn1C1CC2CCC1C2. The zero-order valence-corrected chi connectivity index (χ0v) is 11.3. The Labute approximate surface area is 115 Å². The summed E-state index contributed by atoms with van der Waals surface area (Å²) in [5.74, 6) is 0.518. The van der Waals surface area contributed by atoms with Crippen molar-refractivity contribution >= 4 is 17.7 Å². The average Bonchev–Trinajstić information content (AvgIpc) is 2.98. The lowest BCUT2D eigenvalue weighted by Gasteiger charge is -2.26. The van der Waals surface area contributed by atoms with Crippen molar-refractivity contribution in [3.63, 3.8) is 0 Å². The molecule has 1 aromatic rings. The van der Waals surface area contributed by atoms with Gasteiger partial charge in [-0.15, -0.1) is 0 Å². The van der Waals surface area contributed by atoms with Gasteiger partial charge in [0.1, 0.15) is 0 Å². The Morgan fingerprint density at radius 3 is 2.95 bits per heavy atom. The predicted octanol–water partition coefficient (Wildman–Crippen LogP) is 1.78. The molecule has 2 fully saturated rings. The standard InChI is InChI=1S/C13H16N2O3S/c16-11-3-4-15(13(14-11)19-7-12(17)18)10-6-8-1-2-9(10)5-8/h3-4,8-10H,1-2,5-7H2,(H,17,18). The first-order valence-corrected chi connectivity index (χ1v) is 7.56. The summed E-state index contributed by atoms with van der Waals surface area (Å²) in [6.45, 7) is 0. The molecule has 1 N–H and O–H groups in total.